The second kappa shape index (κ2) is 8.99. The van der Waals surface area contributed by atoms with Crippen LogP contribution in [0.25, 0.3) is 49.2 Å². The van der Waals surface area contributed by atoms with Gasteiger partial charge in [0.1, 0.15) is 30.2 Å². The fourth-order valence-corrected chi connectivity index (χ4v) is 5.75. The molecular weight excluding hydrogens is 510 g/mol. The van der Waals surface area contributed by atoms with Crippen molar-refractivity contribution in [3.8, 4) is 16.9 Å². The monoisotopic (exact) mass is 531 g/mol. The first-order chi connectivity index (χ1) is 19.0. The number of thiazole rings is 1. The van der Waals surface area contributed by atoms with Crippen molar-refractivity contribution in [2.75, 3.05) is 11.1 Å². The molecule has 0 bridgehead atoms. The van der Waals surface area contributed by atoms with Crippen molar-refractivity contribution in [1.29, 1.82) is 0 Å². The third-order valence-electron chi connectivity index (χ3n) is 6.44. The molecule has 0 aliphatic carbocycles. The standard InChI is InChI=1S/C28H21N9OS/c1-16(38)32-28-34-20-12-11-17(13-22(20)39-28)25-24-26(29)30-15-31-27(24)36(35-25)14-23-33-19-9-5-6-10-21(19)37(23)18-7-3-2-4-8-18/h2-13,15H,14H2,1H3,(H2,29,30,31)(H,32,34,38). The maximum atomic E-state index is 11.5. The Balaban J connectivity index is 1.38. The van der Waals surface area contributed by atoms with Crippen LogP contribution in [-0.4, -0.2) is 40.2 Å². The van der Waals surface area contributed by atoms with Gasteiger partial charge in [0.15, 0.2) is 10.8 Å². The van der Waals surface area contributed by atoms with Crippen LogP contribution in [0.4, 0.5) is 10.9 Å². The van der Waals surface area contributed by atoms with E-state index < -0.39 is 0 Å². The average molecular weight is 532 g/mol. The number of imidazole rings is 1. The van der Waals surface area contributed by atoms with Gasteiger partial charge in [0, 0.05) is 18.2 Å². The summed E-state index contributed by atoms with van der Waals surface area (Å²) in [6.07, 6.45) is 1.45. The number of nitrogens with zero attached hydrogens (tertiary/aromatic N) is 7. The highest BCUT2D eigenvalue weighted by atomic mass is 32.1. The molecule has 3 N–H and O–H groups in total. The maximum Gasteiger partial charge on any atom is 0.223 e. The number of nitrogens with one attached hydrogen (secondary N) is 1. The summed E-state index contributed by atoms with van der Waals surface area (Å²) in [5.41, 5.74) is 12.2. The summed E-state index contributed by atoms with van der Waals surface area (Å²) < 4.78 is 4.88. The molecule has 0 aliphatic heterocycles. The zero-order valence-corrected chi connectivity index (χ0v) is 21.6. The zero-order chi connectivity index (χ0) is 26.5. The number of benzene rings is 3. The molecule has 3 aromatic carbocycles. The van der Waals surface area contributed by atoms with Crippen molar-refractivity contribution < 1.29 is 4.79 Å². The number of amides is 1. The molecule has 39 heavy (non-hydrogen) atoms. The quantitative estimate of drug-likeness (QED) is 0.319. The number of nitrogens with two attached hydrogens (primary N) is 1. The minimum atomic E-state index is -0.162. The van der Waals surface area contributed by atoms with E-state index in [4.69, 9.17) is 15.8 Å². The van der Waals surface area contributed by atoms with Gasteiger partial charge in [-0.2, -0.15) is 5.10 Å². The highest BCUT2D eigenvalue weighted by Gasteiger charge is 2.21. The van der Waals surface area contributed by atoms with Crippen LogP contribution >= 0.6 is 11.3 Å². The van der Waals surface area contributed by atoms with Crippen LogP contribution in [-0.2, 0) is 11.3 Å². The van der Waals surface area contributed by atoms with Crippen molar-refractivity contribution in [1.82, 2.24) is 34.3 Å². The molecule has 7 aromatic rings. The fraction of sp³-hybridized carbons (Fsp3) is 0.0714. The molecule has 0 aliphatic rings. The smallest absolute Gasteiger partial charge is 0.223 e. The van der Waals surface area contributed by atoms with Crippen molar-refractivity contribution >= 4 is 60.5 Å². The Hall–Kier alpha value is -5.16. The van der Waals surface area contributed by atoms with Gasteiger partial charge in [-0.1, -0.05) is 47.7 Å². The van der Waals surface area contributed by atoms with Gasteiger partial charge >= 0.3 is 0 Å². The number of rotatable bonds is 5. The lowest BCUT2D eigenvalue weighted by molar-refractivity contribution is -0.114. The van der Waals surface area contributed by atoms with Crippen LogP contribution in [0, 0.1) is 0 Å². The van der Waals surface area contributed by atoms with Gasteiger partial charge < -0.3 is 11.1 Å². The molecule has 4 heterocycles. The summed E-state index contributed by atoms with van der Waals surface area (Å²) in [5.74, 6) is 1.00. The van der Waals surface area contributed by atoms with Crippen molar-refractivity contribution in [2.24, 2.45) is 0 Å². The Morgan fingerprint density at radius 1 is 0.974 bits per heavy atom. The first-order valence-electron chi connectivity index (χ1n) is 12.2. The van der Waals surface area contributed by atoms with Crippen molar-refractivity contribution in [3.05, 3.63) is 84.9 Å². The highest BCUT2D eigenvalue weighted by Crippen LogP contribution is 2.35. The lowest BCUT2D eigenvalue weighted by atomic mass is 10.1. The predicted molar refractivity (Wildman–Crippen MR) is 153 cm³/mol. The first kappa shape index (κ1) is 23.0. The molecule has 0 radical (unpaired) electrons. The summed E-state index contributed by atoms with van der Waals surface area (Å²) >= 11 is 1.40. The van der Waals surface area contributed by atoms with E-state index in [2.05, 4.69) is 43.0 Å². The molecule has 10 nitrogen and oxygen atoms in total. The second-order valence-electron chi connectivity index (χ2n) is 9.03. The summed E-state index contributed by atoms with van der Waals surface area (Å²) in [4.78, 5) is 29.7. The van der Waals surface area contributed by atoms with E-state index in [1.165, 1.54) is 24.6 Å². The molecule has 4 aromatic heterocycles. The topological polar surface area (TPSA) is 129 Å². The Morgan fingerprint density at radius 3 is 2.64 bits per heavy atom. The number of hydrogen-bond acceptors (Lipinski definition) is 8. The molecule has 0 saturated heterocycles. The maximum absolute atomic E-state index is 11.5. The summed E-state index contributed by atoms with van der Waals surface area (Å²) in [6, 6.07) is 24.0. The molecule has 0 spiro atoms. The molecule has 0 unspecified atom stereocenters. The molecule has 0 saturated carbocycles. The van der Waals surface area contributed by atoms with Crippen molar-refractivity contribution in [2.45, 2.75) is 13.5 Å². The Labute approximate surface area is 225 Å². The Kier molecular flexibility index (Phi) is 5.30. The van der Waals surface area contributed by atoms with E-state index >= 15 is 0 Å². The van der Waals surface area contributed by atoms with Gasteiger partial charge in [0.05, 0.1) is 26.6 Å². The van der Waals surface area contributed by atoms with E-state index in [0.29, 0.717) is 34.2 Å². The van der Waals surface area contributed by atoms with Gasteiger partial charge in [-0.25, -0.2) is 24.6 Å². The van der Waals surface area contributed by atoms with Gasteiger partial charge in [-0.15, -0.1) is 0 Å². The van der Waals surface area contributed by atoms with Crippen LogP contribution in [0.2, 0.25) is 0 Å². The molecular formula is C28H21N9OS. The Bertz CT molecular complexity index is 2020. The molecule has 7 rings (SSSR count). The van der Waals surface area contributed by atoms with E-state index in [-0.39, 0.29) is 5.91 Å². The minimum absolute atomic E-state index is 0.162. The average Bonchev–Trinajstić information content (AvgIpc) is 3.62. The number of carbonyl (C=O) groups is 1. The van der Waals surface area contributed by atoms with Crippen LogP contribution < -0.4 is 11.1 Å². The van der Waals surface area contributed by atoms with E-state index in [9.17, 15) is 4.79 Å². The third kappa shape index (κ3) is 3.96. The van der Waals surface area contributed by atoms with Crippen LogP contribution in [0.3, 0.4) is 0 Å². The highest BCUT2D eigenvalue weighted by molar-refractivity contribution is 7.22. The zero-order valence-electron chi connectivity index (χ0n) is 20.7. The van der Waals surface area contributed by atoms with Gasteiger partial charge in [-0.05, 0) is 36.4 Å². The fourth-order valence-electron chi connectivity index (χ4n) is 4.80. The normalized spacial score (nSPS) is 11.5. The molecule has 11 heteroatoms. The largest absolute Gasteiger partial charge is 0.383 e. The summed E-state index contributed by atoms with van der Waals surface area (Å²) in [5, 5.41) is 8.95. The number of para-hydroxylation sites is 3. The molecule has 190 valence electrons. The lowest BCUT2D eigenvalue weighted by Gasteiger charge is -2.10. The number of nitrogen functional groups attached to an aromatic ring is 1. The molecule has 1 amide bonds. The number of anilines is 2. The van der Waals surface area contributed by atoms with E-state index in [0.717, 1.165) is 38.3 Å². The third-order valence-corrected chi connectivity index (χ3v) is 7.37. The van der Waals surface area contributed by atoms with Gasteiger partial charge in [0.25, 0.3) is 0 Å². The summed E-state index contributed by atoms with van der Waals surface area (Å²) in [7, 11) is 0. The second-order valence-corrected chi connectivity index (χ2v) is 10.1. The minimum Gasteiger partial charge on any atom is -0.383 e. The van der Waals surface area contributed by atoms with Crippen molar-refractivity contribution in [3.63, 3.8) is 0 Å². The number of hydrogen-bond donors (Lipinski definition) is 2. The van der Waals surface area contributed by atoms with E-state index in [1.54, 1.807) is 0 Å². The van der Waals surface area contributed by atoms with Crippen LogP contribution in [0.1, 0.15) is 12.7 Å². The van der Waals surface area contributed by atoms with Crippen LogP contribution in [0.5, 0.6) is 0 Å². The van der Waals surface area contributed by atoms with Gasteiger partial charge in [0.2, 0.25) is 5.91 Å². The first-order valence-corrected chi connectivity index (χ1v) is 13.0. The summed E-state index contributed by atoms with van der Waals surface area (Å²) in [6.45, 7) is 1.83. The molecule has 0 atom stereocenters. The number of aromatic nitrogens is 7. The Morgan fingerprint density at radius 2 is 1.79 bits per heavy atom. The number of carbonyl (C=O) groups excluding carboxylic acids is 1. The SMILES string of the molecule is CC(=O)Nc1nc2ccc(-c3nn(Cc4nc5ccccc5n4-c4ccccc4)c4ncnc(N)c34)cc2s1. The van der Waals surface area contributed by atoms with Gasteiger partial charge in [-0.3, -0.25) is 9.36 Å². The predicted octanol–water partition coefficient (Wildman–Crippen LogP) is 5.03. The van der Waals surface area contributed by atoms with E-state index in [1.807, 2.05) is 59.3 Å². The van der Waals surface area contributed by atoms with Crippen LogP contribution in [0.15, 0.2) is 79.1 Å². The number of fused-ring (bicyclic) bond motifs is 3. The lowest BCUT2D eigenvalue weighted by Crippen LogP contribution is -2.09. The molecule has 0 fully saturated rings.